The van der Waals surface area contributed by atoms with Crippen molar-refractivity contribution in [3.8, 4) is 11.1 Å². The lowest BCUT2D eigenvalue weighted by Gasteiger charge is -2.13. The van der Waals surface area contributed by atoms with Gasteiger partial charge in [-0.15, -0.1) is 0 Å². The molecule has 0 heterocycles. The molecule has 24 heavy (non-hydrogen) atoms. The number of esters is 1. The van der Waals surface area contributed by atoms with Gasteiger partial charge in [0.1, 0.15) is 6.10 Å². The van der Waals surface area contributed by atoms with Gasteiger partial charge in [-0.2, -0.15) is 0 Å². The third kappa shape index (κ3) is 2.93. The second kappa shape index (κ2) is 6.28. The van der Waals surface area contributed by atoms with E-state index in [-0.39, 0.29) is 18.2 Å². The third-order valence-corrected chi connectivity index (χ3v) is 3.91. The van der Waals surface area contributed by atoms with Gasteiger partial charge in [-0.3, -0.25) is 9.59 Å². The molecule has 0 spiro atoms. The molecule has 2 aromatic carbocycles. The van der Waals surface area contributed by atoms with Crippen LogP contribution in [-0.2, 0) is 9.53 Å². The molecule has 1 aliphatic carbocycles. The molecule has 0 fully saturated rings. The summed E-state index contributed by atoms with van der Waals surface area (Å²) in [6.45, 7) is 3.34. The van der Waals surface area contributed by atoms with E-state index in [9.17, 15) is 14.4 Å². The van der Waals surface area contributed by atoms with E-state index >= 15 is 0 Å². The molecule has 122 valence electrons. The van der Waals surface area contributed by atoms with Crippen LogP contribution in [0.3, 0.4) is 0 Å². The Hall–Kier alpha value is -2.95. The Kier molecular flexibility index (Phi) is 4.16. The van der Waals surface area contributed by atoms with Gasteiger partial charge in [0, 0.05) is 18.1 Å². The van der Waals surface area contributed by atoms with Gasteiger partial charge in [-0.25, -0.2) is 4.79 Å². The largest absolute Gasteiger partial charge is 0.457 e. The van der Waals surface area contributed by atoms with Crippen molar-refractivity contribution in [3.05, 3.63) is 59.2 Å². The predicted octanol–water partition coefficient (Wildman–Crippen LogP) is 2.58. The molecular weight excluding hydrogens is 306 g/mol. The van der Waals surface area contributed by atoms with E-state index in [2.05, 4.69) is 5.32 Å². The summed E-state index contributed by atoms with van der Waals surface area (Å²) in [5.74, 6) is -0.778. The third-order valence-electron chi connectivity index (χ3n) is 3.91. The molecule has 1 amide bonds. The molecule has 0 bridgehead atoms. The molecule has 1 atom stereocenters. The fourth-order valence-electron chi connectivity index (χ4n) is 2.73. The second-order valence-electron chi connectivity index (χ2n) is 5.79. The van der Waals surface area contributed by atoms with E-state index < -0.39 is 12.1 Å². The Morgan fingerprint density at radius 2 is 1.71 bits per heavy atom. The minimum atomic E-state index is -0.514. The molecule has 0 saturated heterocycles. The quantitative estimate of drug-likeness (QED) is 0.749. The van der Waals surface area contributed by atoms with Gasteiger partial charge in [0.05, 0.1) is 12.1 Å². The fourth-order valence-corrected chi connectivity index (χ4v) is 2.73. The lowest BCUT2D eigenvalue weighted by Crippen LogP contribution is -2.31. The number of rotatable bonds is 4. The molecule has 0 aliphatic heterocycles. The number of nitrogens with one attached hydrogen (secondary N) is 1. The van der Waals surface area contributed by atoms with Gasteiger partial charge < -0.3 is 10.1 Å². The van der Waals surface area contributed by atoms with E-state index in [1.165, 1.54) is 6.92 Å². The van der Waals surface area contributed by atoms with Crippen LogP contribution in [0.5, 0.6) is 0 Å². The highest BCUT2D eigenvalue weighted by molar-refractivity contribution is 6.22. The summed E-state index contributed by atoms with van der Waals surface area (Å²) in [6.07, 6.45) is -0.456. The van der Waals surface area contributed by atoms with Gasteiger partial charge in [0.2, 0.25) is 5.91 Å². The number of carbonyl (C=O) groups excluding carboxylic acids is 3. The molecule has 0 radical (unpaired) electrons. The summed E-state index contributed by atoms with van der Waals surface area (Å²) in [7, 11) is 0. The zero-order chi connectivity index (χ0) is 17.3. The van der Waals surface area contributed by atoms with Crippen LogP contribution >= 0.6 is 0 Å². The topological polar surface area (TPSA) is 72.5 Å². The van der Waals surface area contributed by atoms with Crippen molar-refractivity contribution in [3.63, 3.8) is 0 Å². The minimum Gasteiger partial charge on any atom is -0.457 e. The van der Waals surface area contributed by atoms with Crippen LogP contribution in [0, 0.1) is 0 Å². The number of benzene rings is 2. The molecule has 0 aromatic heterocycles. The van der Waals surface area contributed by atoms with Crippen molar-refractivity contribution < 1.29 is 19.1 Å². The Morgan fingerprint density at radius 3 is 2.42 bits per heavy atom. The van der Waals surface area contributed by atoms with Crippen molar-refractivity contribution in [1.29, 1.82) is 0 Å². The number of hydrogen-bond donors (Lipinski definition) is 1. The number of amides is 1. The molecule has 0 unspecified atom stereocenters. The Labute approximate surface area is 139 Å². The summed E-state index contributed by atoms with van der Waals surface area (Å²) in [5.41, 5.74) is 3.21. The Morgan fingerprint density at radius 1 is 1.04 bits per heavy atom. The summed E-state index contributed by atoms with van der Waals surface area (Å²) < 4.78 is 5.29. The SMILES string of the molecule is CC(=O)NC[C@H](C)OC(=O)c1ccc2c(c1)C(=O)c1ccccc1-2. The Bertz CT molecular complexity index is 841. The summed E-state index contributed by atoms with van der Waals surface area (Å²) in [5, 5.41) is 2.59. The maximum atomic E-state index is 12.5. The number of carbonyl (C=O) groups is 3. The highest BCUT2D eigenvalue weighted by Crippen LogP contribution is 2.36. The average molecular weight is 323 g/mol. The summed E-state index contributed by atoms with van der Waals surface area (Å²) >= 11 is 0. The molecule has 5 nitrogen and oxygen atoms in total. The van der Waals surface area contributed by atoms with Crippen LogP contribution in [0.25, 0.3) is 11.1 Å². The summed E-state index contributed by atoms with van der Waals surface area (Å²) in [4.78, 5) is 35.6. The number of hydrogen-bond acceptors (Lipinski definition) is 4. The second-order valence-corrected chi connectivity index (χ2v) is 5.79. The van der Waals surface area contributed by atoms with Crippen LogP contribution < -0.4 is 5.32 Å². The van der Waals surface area contributed by atoms with Gasteiger partial charge in [0.25, 0.3) is 0 Å². The van der Waals surface area contributed by atoms with Crippen LogP contribution in [0.1, 0.15) is 40.1 Å². The van der Waals surface area contributed by atoms with E-state index in [1.807, 2.05) is 18.2 Å². The van der Waals surface area contributed by atoms with Gasteiger partial charge in [-0.1, -0.05) is 30.3 Å². The number of ether oxygens (including phenoxy) is 1. The monoisotopic (exact) mass is 323 g/mol. The van der Waals surface area contributed by atoms with Gasteiger partial charge >= 0.3 is 5.97 Å². The van der Waals surface area contributed by atoms with E-state index in [0.717, 1.165) is 11.1 Å². The van der Waals surface area contributed by atoms with Crippen LogP contribution in [-0.4, -0.2) is 30.3 Å². The first kappa shape index (κ1) is 15.9. The van der Waals surface area contributed by atoms with Crippen molar-refractivity contribution in [2.75, 3.05) is 6.54 Å². The molecule has 3 rings (SSSR count). The maximum Gasteiger partial charge on any atom is 0.338 e. The maximum absolute atomic E-state index is 12.5. The lowest BCUT2D eigenvalue weighted by atomic mass is 10.0. The van der Waals surface area contributed by atoms with Crippen molar-refractivity contribution in [2.45, 2.75) is 20.0 Å². The molecular formula is C19H17NO4. The lowest BCUT2D eigenvalue weighted by molar-refractivity contribution is -0.119. The molecule has 2 aromatic rings. The zero-order valence-electron chi connectivity index (χ0n) is 13.5. The van der Waals surface area contributed by atoms with Crippen molar-refractivity contribution in [1.82, 2.24) is 5.32 Å². The Balaban J connectivity index is 1.79. The van der Waals surface area contributed by atoms with Crippen LogP contribution in [0.2, 0.25) is 0 Å². The summed E-state index contributed by atoms with van der Waals surface area (Å²) in [6, 6.07) is 12.4. The van der Waals surface area contributed by atoms with E-state index in [4.69, 9.17) is 4.74 Å². The highest BCUT2D eigenvalue weighted by atomic mass is 16.5. The minimum absolute atomic E-state index is 0.0819. The standard InChI is InChI=1S/C19H17NO4/c1-11(10-20-12(2)21)24-19(23)13-7-8-15-14-5-3-4-6-16(14)18(22)17(15)9-13/h3-9,11H,10H2,1-2H3,(H,20,21)/t11-/m0/s1. The first-order chi connectivity index (χ1) is 11.5. The number of fused-ring (bicyclic) bond motifs is 3. The average Bonchev–Trinajstić information content (AvgIpc) is 2.86. The molecule has 1 N–H and O–H groups in total. The normalized spacial score (nSPS) is 13.0. The highest BCUT2D eigenvalue weighted by Gasteiger charge is 2.27. The molecule has 5 heteroatoms. The number of ketones is 1. The molecule has 1 aliphatic rings. The zero-order valence-corrected chi connectivity index (χ0v) is 13.5. The fraction of sp³-hybridized carbons (Fsp3) is 0.211. The smallest absolute Gasteiger partial charge is 0.338 e. The predicted molar refractivity (Wildman–Crippen MR) is 88.9 cm³/mol. The molecule has 0 saturated carbocycles. The van der Waals surface area contributed by atoms with Gasteiger partial charge in [-0.05, 0) is 30.2 Å². The van der Waals surface area contributed by atoms with Crippen molar-refractivity contribution >= 4 is 17.7 Å². The van der Waals surface area contributed by atoms with Crippen LogP contribution in [0.15, 0.2) is 42.5 Å². The van der Waals surface area contributed by atoms with Crippen LogP contribution in [0.4, 0.5) is 0 Å². The van der Waals surface area contributed by atoms with Gasteiger partial charge in [0.15, 0.2) is 5.78 Å². The van der Waals surface area contributed by atoms with Crippen molar-refractivity contribution in [2.24, 2.45) is 0 Å². The van der Waals surface area contributed by atoms with E-state index in [0.29, 0.717) is 16.7 Å². The first-order valence-electron chi connectivity index (χ1n) is 7.71. The van der Waals surface area contributed by atoms with E-state index in [1.54, 1.807) is 31.2 Å². The first-order valence-corrected chi connectivity index (χ1v) is 7.71.